The number of carbonyl (C=O) groups excluding carboxylic acids is 1. The first-order chi connectivity index (χ1) is 17.2. The van der Waals surface area contributed by atoms with Gasteiger partial charge in [0.2, 0.25) is 10.0 Å². The first-order valence-electron chi connectivity index (χ1n) is 13.5. The Labute approximate surface area is 220 Å². The Hall–Kier alpha value is -1.69. The van der Waals surface area contributed by atoms with E-state index in [1.54, 1.807) is 16.4 Å². The molecule has 36 heavy (non-hydrogen) atoms. The van der Waals surface area contributed by atoms with Crippen LogP contribution in [0.4, 0.5) is 0 Å². The average molecular weight is 526 g/mol. The van der Waals surface area contributed by atoms with Gasteiger partial charge in [0.15, 0.2) is 0 Å². The van der Waals surface area contributed by atoms with Gasteiger partial charge < -0.3 is 0 Å². The Morgan fingerprint density at radius 2 is 1.78 bits per heavy atom. The van der Waals surface area contributed by atoms with E-state index in [9.17, 15) is 13.2 Å². The molecule has 6 rings (SSSR count). The van der Waals surface area contributed by atoms with E-state index in [1.807, 2.05) is 19.1 Å². The van der Waals surface area contributed by atoms with Crippen molar-refractivity contribution in [1.82, 2.24) is 4.31 Å². The molecule has 0 aromatic heterocycles. The second-order valence-electron chi connectivity index (χ2n) is 11.9. The maximum absolute atomic E-state index is 13.4. The zero-order valence-corrected chi connectivity index (χ0v) is 22.8. The molecule has 0 bridgehead atoms. The summed E-state index contributed by atoms with van der Waals surface area (Å²) in [6, 6.07) is 14.0. The van der Waals surface area contributed by atoms with E-state index in [2.05, 4.69) is 25.1 Å². The molecule has 0 radical (unpaired) electrons. The molecule has 3 fully saturated rings. The van der Waals surface area contributed by atoms with Crippen molar-refractivity contribution in [1.29, 1.82) is 0 Å². The first kappa shape index (κ1) is 24.6. The lowest BCUT2D eigenvalue weighted by Gasteiger charge is -2.48. The van der Waals surface area contributed by atoms with Gasteiger partial charge in [-0.05, 0) is 91.5 Å². The highest BCUT2D eigenvalue weighted by atomic mass is 35.5. The number of aryl methyl sites for hydroxylation is 2. The molecule has 192 valence electrons. The number of Topliss-reactive ketones (excluding diaryl/α,β-unsaturated/α-hetero) is 1. The van der Waals surface area contributed by atoms with E-state index >= 15 is 0 Å². The van der Waals surface area contributed by atoms with Crippen LogP contribution in [0.15, 0.2) is 47.4 Å². The number of benzene rings is 2. The Bertz CT molecular complexity index is 1290. The molecule has 1 saturated heterocycles. The second kappa shape index (κ2) is 8.96. The maximum atomic E-state index is 13.4. The highest BCUT2D eigenvalue weighted by molar-refractivity contribution is 7.89. The van der Waals surface area contributed by atoms with Crippen LogP contribution in [0.2, 0.25) is 0 Å². The lowest BCUT2D eigenvalue weighted by atomic mass is 9.55. The van der Waals surface area contributed by atoms with E-state index < -0.39 is 10.0 Å². The predicted octanol–water partition coefficient (Wildman–Crippen LogP) is 6.06. The van der Waals surface area contributed by atoms with Crippen LogP contribution in [0.25, 0.3) is 0 Å². The molecule has 4 nitrogen and oxygen atoms in total. The van der Waals surface area contributed by atoms with Crippen LogP contribution in [0.5, 0.6) is 0 Å². The van der Waals surface area contributed by atoms with Crippen molar-refractivity contribution in [2.75, 3.05) is 19.0 Å². The van der Waals surface area contributed by atoms with Crippen molar-refractivity contribution in [3.05, 3.63) is 64.7 Å². The summed E-state index contributed by atoms with van der Waals surface area (Å²) in [6.45, 7) is 5.12. The van der Waals surface area contributed by atoms with Gasteiger partial charge in [-0.1, -0.05) is 42.8 Å². The first-order valence-corrected chi connectivity index (χ1v) is 15.5. The van der Waals surface area contributed by atoms with Crippen LogP contribution in [0, 0.1) is 30.1 Å². The molecule has 4 aliphatic rings. The summed E-state index contributed by atoms with van der Waals surface area (Å²) in [7, 11) is -3.54. The summed E-state index contributed by atoms with van der Waals surface area (Å²) in [6.07, 6.45) is 6.16. The highest BCUT2D eigenvalue weighted by Gasteiger charge is 2.54. The van der Waals surface area contributed by atoms with E-state index in [1.165, 1.54) is 16.7 Å². The number of sulfonamides is 1. The average Bonchev–Trinajstić information content (AvgIpc) is 3.45. The number of hydrogen-bond acceptors (Lipinski definition) is 3. The number of alkyl halides is 1. The SMILES string of the molecule is Cc1ccc(S(=O)(=O)N2C[C@@H](CCl)[C@H](c3ccc4c(c3)CC[C@@H]3[C@@H]4CC[C@]4(C)C(=O)CC[C@@H]34)C2)cc1. The molecule has 2 saturated carbocycles. The molecule has 0 unspecified atom stereocenters. The maximum Gasteiger partial charge on any atom is 0.243 e. The van der Waals surface area contributed by atoms with E-state index in [0.29, 0.717) is 47.4 Å². The lowest BCUT2D eigenvalue weighted by molar-refractivity contribution is -0.129. The Balaban J connectivity index is 1.25. The van der Waals surface area contributed by atoms with Crippen LogP contribution >= 0.6 is 11.6 Å². The van der Waals surface area contributed by atoms with Crippen molar-refractivity contribution in [3.8, 4) is 0 Å². The van der Waals surface area contributed by atoms with Gasteiger partial charge in [-0.3, -0.25) is 4.79 Å². The van der Waals surface area contributed by atoms with Gasteiger partial charge in [0.1, 0.15) is 5.78 Å². The normalized spacial score (nSPS) is 34.3. The standard InChI is InChI=1S/C30H36ClNO3S/c1-19-3-7-23(8-4-19)36(34,35)32-17-22(16-31)27(18-32)21-5-9-24-20(15-21)6-10-26-25(24)13-14-30(2)28(26)11-12-29(30)33/h3-5,7-9,15,22,25-28H,6,10-14,16-18H2,1-2H3/t22-,25-,26-,27+,28+,30+/m1/s1. The number of rotatable bonds is 4. The fraction of sp³-hybridized carbons (Fsp3) is 0.567. The Morgan fingerprint density at radius 3 is 2.53 bits per heavy atom. The molecular weight excluding hydrogens is 490 g/mol. The molecule has 3 aliphatic carbocycles. The lowest BCUT2D eigenvalue weighted by Crippen LogP contribution is -2.42. The molecule has 2 aromatic carbocycles. The minimum absolute atomic E-state index is 0.0948. The third-order valence-corrected chi connectivity index (χ3v) is 12.4. The van der Waals surface area contributed by atoms with E-state index in [4.69, 9.17) is 11.6 Å². The summed E-state index contributed by atoms with van der Waals surface area (Å²) >= 11 is 6.40. The number of halogens is 1. The van der Waals surface area contributed by atoms with Gasteiger partial charge in [-0.25, -0.2) is 8.42 Å². The van der Waals surface area contributed by atoms with Crippen molar-refractivity contribution < 1.29 is 13.2 Å². The smallest absolute Gasteiger partial charge is 0.243 e. The third-order valence-electron chi connectivity index (χ3n) is 10.2. The van der Waals surface area contributed by atoms with Gasteiger partial charge in [0.05, 0.1) is 4.90 Å². The molecule has 1 aliphatic heterocycles. The summed E-state index contributed by atoms with van der Waals surface area (Å²) in [4.78, 5) is 13.0. The van der Waals surface area contributed by atoms with Gasteiger partial charge in [0, 0.05) is 36.7 Å². The molecule has 2 aromatic rings. The van der Waals surface area contributed by atoms with Crippen LogP contribution < -0.4 is 0 Å². The number of hydrogen-bond donors (Lipinski definition) is 0. The van der Waals surface area contributed by atoms with E-state index in [0.717, 1.165) is 44.1 Å². The number of ketones is 1. The summed E-state index contributed by atoms with van der Waals surface area (Å²) in [5, 5.41) is 0. The van der Waals surface area contributed by atoms with E-state index in [-0.39, 0.29) is 17.3 Å². The number of fused-ring (bicyclic) bond motifs is 5. The molecule has 6 atom stereocenters. The van der Waals surface area contributed by atoms with Gasteiger partial charge in [-0.15, -0.1) is 11.6 Å². The molecular formula is C30H36ClNO3S. The van der Waals surface area contributed by atoms with Crippen molar-refractivity contribution in [2.24, 2.45) is 23.2 Å². The van der Waals surface area contributed by atoms with Crippen LogP contribution in [0.1, 0.15) is 73.1 Å². The minimum atomic E-state index is -3.54. The summed E-state index contributed by atoms with van der Waals surface area (Å²) in [5.74, 6) is 2.84. The van der Waals surface area contributed by atoms with Crippen LogP contribution in [-0.2, 0) is 21.2 Å². The predicted molar refractivity (Wildman–Crippen MR) is 143 cm³/mol. The molecule has 0 spiro atoms. The van der Waals surface area contributed by atoms with Crippen molar-refractivity contribution in [2.45, 2.75) is 69.1 Å². The highest BCUT2D eigenvalue weighted by Crippen LogP contribution is 2.59. The quantitative estimate of drug-likeness (QED) is 0.456. The minimum Gasteiger partial charge on any atom is -0.299 e. The number of carbonyl (C=O) groups is 1. The van der Waals surface area contributed by atoms with Gasteiger partial charge in [-0.2, -0.15) is 4.31 Å². The Morgan fingerprint density at radius 1 is 1.00 bits per heavy atom. The van der Waals surface area contributed by atoms with Crippen LogP contribution in [0.3, 0.4) is 0 Å². The molecule has 0 N–H and O–H groups in total. The second-order valence-corrected chi connectivity index (χ2v) is 14.2. The summed E-state index contributed by atoms with van der Waals surface area (Å²) < 4.78 is 28.4. The molecule has 0 amide bonds. The Kier molecular flexibility index (Phi) is 6.13. The van der Waals surface area contributed by atoms with Crippen LogP contribution in [-0.4, -0.2) is 37.5 Å². The topological polar surface area (TPSA) is 54.5 Å². The molecule has 6 heteroatoms. The third kappa shape index (κ3) is 3.80. The largest absolute Gasteiger partial charge is 0.299 e. The summed E-state index contributed by atoms with van der Waals surface area (Å²) in [5.41, 5.74) is 5.07. The molecule has 1 heterocycles. The zero-order valence-electron chi connectivity index (χ0n) is 21.3. The fourth-order valence-electron chi connectivity index (χ4n) is 8.03. The fourth-order valence-corrected chi connectivity index (χ4v) is 9.86. The van der Waals surface area contributed by atoms with Gasteiger partial charge in [0.25, 0.3) is 0 Å². The monoisotopic (exact) mass is 525 g/mol. The van der Waals surface area contributed by atoms with Gasteiger partial charge >= 0.3 is 0 Å². The van der Waals surface area contributed by atoms with Crippen molar-refractivity contribution >= 4 is 27.4 Å². The van der Waals surface area contributed by atoms with Crippen molar-refractivity contribution in [3.63, 3.8) is 0 Å². The zero-order chi connectivity index (χ0) is 25.2. The number of nitrogens with zero attached hydrogens (tertiary/aromatic N) is 1.